The van der Waals surface area contributed by atoms with Crippen molar-refractivity contribution in [3.63, 3.8) is 0 Å². The zero-order valence-corrected chi connectivity index (χ0v) is 8.10. The lowest BCUT2D eigenvalue weighted by atomic mass is 10.00. The van der Waals surface area contributed by atoms with E-state index in [4.69, 9.17) is 10.8 Å². The van der Waals surface area contributed by atoms with Gasteiger partial charge in [0.25, 0.3) is 0 Å². The normalized spacial score (nSPS) is 12.4. The first-order valence-corrected chi connectivity index (χ1v) is 4.59. The number of carboxylic acid groups (broad SMARTS) is 1. The second kappa shape index (κ2) is 4.72. The van der Waals surface area contributed by atoms with Crippen LogP contribution in [-0.4, -0.2) is 16.1 Å². The molecule has 0 saturated heterocycles. The van der Waals surface area contributed by atoms with E-state index in [0.29, 0.717) is 5.56 Å². The molecule has 76 valence electrons. The van der Waals surface area contributed by atoms with E-state index in [1.165, 1.54) is 6.20 Å². The fourth-order valence-electron chi connectivity index (χ4n) is 1.37. The SMILES string of the molecule is CCC[C@@H](N)c1ccncc1C(=O)O. The van der Waals surface area contributed by atoms with Crippen LogP contribution in [0.1, 0.15) is 41.7 Å². The molecule has 0 aliphatic heterocycles. The Morgan fingerprint density at radius 1 is 1.71 bits per heavy atom. The summed E-state index contributed by atoms with van der Waals surface area (Å²) in [5.74, 6) is -0.973. The first-order chi connectivity index (χ1) is 6.66. The topological polar surface area (TPSA) is 76.2 Å². The van der Waals surface area contributed by atoms with Gasteiger partial charge in [-0.25, -0.2) is 4.79 Å². The van der Waals surface area contributed by atoms with Gasteiger partial charge >= 0.3 is 5.97 Å². The second-order valence-corrected chi connectivity index (χ2v) is 3.16. The number of carbonyl (C=O) groups is 1. The average molecular weight is 194 g/mol. The minimum absolute atomic E-state index is 0.202. The molecule has 1 atom stereocenters. The fourth-order valence-corrected chi connectivity index (χ4v) is 1.37. The maximum atomic E-state index is 10.8. The Hall–Kier alpha value is -1.42. The van der Waals surface area contributed by atoms with Gasteiger partial charge < -0.3 is 10.8 Å². The summed E-state index contributed by atoms with van der Waals surface area (Å²) < 4.78 is 0. The Kier molecular flexibility index (Phi) is 3.59. The minimum Gasteiger partial charge on any atom is -0.478 e. The van der Waals surface area contributed by atoms with Crippen molar-refractivity contribution in [2.75, 3.05) is 0 Å². The minimum atomic E-state index is -0.973. The van der Waals surface area contributed by atoms with Crippen LogP contribution in [0.5, 0.6) is 0 Å². The molecule has 0 aromatic carbocycles. The third-order valence-electron chi connectivity index (χ3n) is 2.08. The van der Waals surface area contributed by atoms with Crippen molar-refractivity contribution < 1.29 is 9.90 Å². The molecule has 0 unspecified atom stereocenters. The monoisotopic (exact) mass is 194 g/mol. The molecule has 4 heteroatoms. The first kappa shape index (κ1) is 10.7. The molecular formula is C10H14N2O2. The lowest BCUT2D eigenvalue weighted by Gasteiger charge is -2.12. The fraction of sp³-hybridized carbons (Fsp3) is 0.400. The number of nitrogens with two attached hydrogens (primary N) is 1. The number of hydrogen-bond acceptors (Lipinski definition) is 3. The highest BCUT2D eigenvalue weighted by Crippen LogP contribution is 2.18. The van der Waals surface area contributed by atoms with Gasteiger partial charge in [-0.3, -0.25) is 4.98 Å². The molecule has 0 saturated carbocycles. The summed E-state index contributed by atoms with van der Waals surface area (Å²) in [5, 5.41) is 8.89. The largest absolute Gasteiger partial charge is 0.478 e. The third kappa shape index (κ3) is 2.29. The predicted molar refractivity (Wildman–Crippen MR) is 53.0 cm³/mol. The van der Waals surface area contributed by atoms with Gasteiger partial charge in [0, 0.05) is 18.4 Å². The molecule has 0 spiro atoms. The van der Waals surface area contributed by atoms with Gasteiger partial charge in [0.1, 0.15) is 0 Å². The molecule has 1 heterocycles. The standard InChI is InChI=1S/C10H14N2O2/c1-2-3-9(11)7-4-5-12-6-8(7)10(13)14/h4-6,9H,2-3,11H2,1H3,(H,13,14)/t9-/m1/s1. The van der Waals surface area contributed by atoms with Gasteiger partial charge in [-0.05, 0) is 18.1 Å². The Labute approximate surface area is 82.8 Å². The molecule has 4 nitrogen and oxygen atoms in total. The number of aromatic carboxylic acids is 1. The van der Waals surface area contributed by atoms with E-state index in [9.17, 15) is 4.79 Å². The molecule has 0 radical (unpaired) electrons. The van der Waals surface area contributed by atoms with Gasteiger partial charge in [-0.15, -0.1) is 0 Å². The van der Waals surface area contributed by atoms with E-state index in [1.54, 1.807) is 12.3 Å². The van der Waals surface area contributed by atoms with E-state index in [2.05, 4.69) is 4.98 Å². The van der Waals surface area contributed by atoms with E-state index >= 15 is 0 Å². The van der Waals surface area contributed by atoms with Gasteiger partial charge in [0.2, 0.25) is 0 Å². The van der Waals surface area contributed by atoms with E-state index < -0.39 is 5.97 Å². The number of carboxylic acids is 1. The molecule has 1 rings (SSSR count). The Morgan fingerprint density at radius 3 is 3.00 bits per heavy atom. The average Bonchev–Trinajstić information content (AvgIpc) is 2.18. The van der Waals surface area contributed by atoms with Crippen LogP contribution in [-0.2, 0) is 0 Å². The smallest absolute Gasteiger partial charge is 0.337 e. The van der Waals surface area contributed by atoms with Crippen molar-refractivity contribution in [2.45, 2.75) is 25.8 Å². The Balaban J connectivity index is 3.00. The van der Waals surface area contributed by atoms with Gasteiger partial charge in [-0.2, -0.15) is 0 Å². The first-order valence-electron chi connectivity index (χ1n) is 4.59. The summed E-state index contributed by atoms with van der Waals surface area (Å²) in [7, 11) is 0. The van der Waals surface area contributed by atoms with Crippen molar-refractivity contribution in [2.24, 2.45) is 5.73 Å². The van der Waals surface area contributed by atoms with Crippen LogP contribution in [0.4, 0.5) is 0 Å². The molecule has 0 fully saturated rings. The van der Waals surface area contributed by atoms with E-state index in [0.717, 1.165) is 12.8 Å². The summed E-state index contributed by atoms with van der Waals surface area (Å²) in [6.45, 7) is 2.02. The number of pyridine rings is 1. The molecule has 14 heavy (non-hydrogen) atoms. The molecule has 1 aromatic heterocycles. The quantitative estimate of drug-likeness (QED) is 0.762. The molecule has 0 bridgehead atoms. The van der Waals surface area contributed by atoms with Crippen LogP contribution in [0.15, 0.2) is 18.5 Å². The number of nitrogens with zero attached hydrogens (tertiary/aromatic N) is 1. The van der Waals surface area contributed by atoms with Crippen LogP contribution < -0.4 is 5.73 Å². The Morgan fingerprint density at radius 2 is 2.43 bits per heavy atom. The van der Waals surface area contributed by atoms with Crippen molar-refractivity contribution in [1.82, 2.24) is 4.98 Å². The van der Waals surface area contributed by atoms with Crippen LogP contribution in [0.25, 0.3) is 0 Å². The highest BCUT2D eigenvalue weighted by molar-refractivity contribution is 5.89. The zero-order valence-electron chi connectivity index (χ0n) is 8.10. The lowest BCUT2D eigenvalue weighted by Crippen LogP contribution is -2.14. The van der Waals surface area contributed by atoms with E-state index in [1.807, 2.05) is 6.92 Å². The molecule has 3 N–H and O–H groups in total. The third-order valence-corrected chi connectivity index (χ3v) is 2.08. The van der Waals surface area contributed by atoms with Crippen molar-refractivity contribution in [3.8, 4) is 0 Å². The highest BCUT2D eigenvalue weighted by Gasteiger charge is 2.14. The molecule has 1 aromatic rings. The molecule has 0 aliphatic rings. The van der Waals surface area contributed by atoms with Crippen LogP contribution in [0.3, 0.4) is 0 Å². The number of aromatic nitrogens is 1. The van der Waals surface area contributed by atoms with Crippen LogP contribution >= 0.6 is 0 Å². The van der Waals surface area contributed by atoms with Gasteiger partial charge in [0.15, 0.2) is 0 Å². The van der Waals surface area contributed by atoms with Gasteiger partial charge in [0.05, 0.1) is 5.56 Å². The summed E-state index contributed by atoms with van der Waals surface area (Å²) in [6.07, 6.45) is 4.62. The maximum Gasteiger partial charge on any atom is 0.337 e. The number of hydrogen-bond donors (Lipinski definition) is 2. The molecular weight excluding hydrogens is 180 g/mol. The van der Waals surface area contributed by atoms with Crippen molar-refractivity contribution in [3.05, 3.63) is 29.6 Å². The summed E-state index contributed by atoms with van der Waals surface area (Å²) in [5.41, 5.74) is 6.72. The summed E-state index contributed by atoms with van der Waals surface area (Å²) in [6, 6.07) is 1.46. The second-order valence-electron chi connectivity index (χ2n) is 3.16. The Bertz CT molecular complexity index is 326. The van der Waals surface area contributed by atoms with Crippen molar-refractivity contribution in [1.29, 1.82) is 0 Å². The summed E-state index contributed by atoms with van der Waals surface area (Å²) >= 11 is 0. The number of rotatable bonds is 4. The zero-order chi connectivity index (χ0) is 10.6. The van der Waals surface area contributed by atoms with Crippen molar-refractivity contribution >= 4 is 5.97 Å². The summed E-state index contributed by atoms with van der Waals surface area (Å²) in [4.78, 5) is 14.6. The van der Waals surface area contributed by atoms with Gasteiger partial charge in [-0.1, -0.05) is 13.3 Å². The molecule has 0 aliphatic carbocycles. The molecule has 0 amide bonds. The van der Waals surface area contributed by atoms with Crippen LogP contribution in [0.2, 0.25) is 0 Å². The highest BCUT2D eigenvalue weighted by atomic mass is 16.4. The predicted octanol–water partition coefficient (Wildman–Crippen LogP) is 1.58. The van der Waals surface area contributed by atoms with E-state index in [-0.39, 0.29) is 11.6 Å². The lowest BCUT2D eigenvalue weighted by molar-refractivity contribution is 0.0694. The maximum absolute atomic E-state index is 10.8. The van der Waals surface area contributed by atoms with Crippen LogP contribution in [0, 0.1) is 0 Å².